The maximum atomic E-state index is 12.2. The van der Waals surface area contributed by atoms with Crippen LogP contribution in [0.3, 0.4) is 0 Å². The van der Waals surface area contributed by atoms with Crippen molar-refractivity contribution in [3.63, 3.8) is 0 Å². The van der Waals surface area contributed by atoms with Crippen LogP contribution in [-0.4, -0.2) is 80.0 Å². The van der Waals surface area contributed by atoms with Crippen molar-refractivity contribution in [2.75, 3.05) is 59.4 Å². The second kappa shape index (κ2) is 6.50. The van der Waals surface area contributed by atoms with Crippen LogP contribution in [0.2, 0.25) is 0 Å². The highest BCUT2D eigenvalue weighted by atomic mass is 16.2. The summed E-state index contributed by atoms with van der Waals surface area (Å²) in [4.78, 5) is 18.7. The second-order valence-corrected chi connectivity index (χ2v) is 5.65. The van der Waals surface area contributed by atoms with Crippen molar-refractivity contribution in [2.24, 2.45) is 11.7 Å². The molecule has 0 aliphatic carbocycles. The molecule has 1 atom stereocenters. The van der Waals surface area contributed by atoms with Gasteiger partial charge in [0.2, 0.25) is 5.91 Å². The first kappa shape index (κ1) is 13.8. The third-order valence-corrected chi connectivity index (χ3v) is 4.16. The van der Waals surface area contributed by atoms with Gasteiger partial charge in [0.15, 0.2) is 0 Å². The van der Waals surface area contributed by atoms with E-state index in [0.717, 1.165) is 52.2 Å². The van der Waals surface area contributed by atoms with Crippen LogP contribution in [0.4, 0.5) is 0 Å². The molecule has 2 aliphatic rings. The first-order valence-corrected chi connectivity index (χ1v) is 7.08. The summed E-state index contributed by atoms with van der Waals surface area (Å²) >= 11 is 0. The molecular weight excluding hydrogens is 228 g/mol. The van der Waals surface area contributed by atoms with Crippen molar-refractivity contribution in [1.29, 1.82) is 0 Å². The van der Waals surface area contributed by atoms with Crippen molar-refractivity contribution in [3.05, 3.63) is 0 Å². The molecule has 0 saturated carbocycles. The minimum atomic E-state index is 0.302. The van der Waals surface area contributed by atoms with Crippen LogP contribution >= 0.6 is 0 Å². The number of likely N-dealkylation sites (N-methyl/N-ethyl adjacent to an activating group) is 1. The van der Waals surface area contributed by atoms with Gasteiger partial charge in [0, 0.05) is 32.7 Å². The molecule has 0 aromatic heterocycles. The molecule has 104 valence electrons. The summed E-state index contributed by atoms with van der Waals surface area (Å²) in [5, 5.41) is 0. The molecule has 2 rings (SSSR count). The largest absolute Gasteiger partial charge is 0.339 e. The van der Waals surface area contributed by atoms with E-state index < -0.39 is 0 Å². The molecule has 2 fully saturated rings. The van der Waals surface area contributed by atoms with Crippen molar-refractivity contribution >= 4 is 5.91 Å². The maximum Gasteiger partial charge on any atom is 0.236 e. The molecule has 5 nitrogen and oxygen atoms in total. The van der Waals surface area contributed by atoms with Gasteiger partial charge in [-0.3, -0.25) is 9.69 Å². The minimum Gasteiger partial charge on any atom is -0.339 e. The fraction of sp³-hybridized carbons (Fsp3) is 0.923. The van der Waals surface area contributed by atoms with Gasteiger partial charge in [-0.25, -0.2) is 0 Å². The van der Waals surface area contributed by atoms with Crippen LogP contribution in [0.1, 0.15) is 12.8 Å². The Labute approximate surface area is 110 Å². The van der Waals surface area contributed by atoms with Gasteiger partial charge >= 0.3 is 0 Å². The van der Waals surface area contributed by atoms with E-state index in [1.54, 1.807) is 0 Å². The average Bonchev–Trinajstić information content (AvgIpc) is 2.78. The molecule has 2 saturated heterocycles. The highest BCUT2D eigenvalue weighted by Gasteiger charge is 2.26. The first-order chi connectivity index (χ1) is 8.69. The van der Waals surface area contributed by atoms with Gasteiger partial charge in [-0.15, -0.1) is 0 Å². The molecule has 5 heteroatoms. The predicted molar refractivity (Wildman–Crippen MR) is 72.3 cm³/mol. The lowest BCUT2D eigenvalue weighted by Gasteiger charge is -2.33. The van der Waals surface area contributed by atoms with Crippen molar-refractivity contribution in [2.45, 2.75) is 12.8 Å². The number of amides is 1. The van der Waals surface area contributed by atoms with E-state index in [9.17, 15) is 4.79 Å². The fourth-order valence-corrected chi connectivity index (χ4v) is 2.87. The zero-order chi connectivity index (χ0) is 13.0. The van der Waals surface area contributed by atoms with E-state index >= 15 is 0 Å². The van der Waals surface area contributed by atoms with Gasteiger partial charge in [-0.1, -0.05) is 0 Å². The zero-order valence-corrected chi connectivity index (χ0v) is 11.5. The maximum absolute atomic E-state index is 12.2. The Bertz CT molecular complexity index is 276. The van der Waals surface area contributed by atoms with E-state index in [1.807, 2.05) is 4.90 Å². The van der Waals surface area contributed by atoms with Gasteiger partial charge in [0.05, 0.1) is 6.54 Å². The summed E-state index contributed by atoms with van der Waals surface area (Å²) in [6, 6.07) is 0. The quantitative estimate of drug-likeness (QED) is 0.730. The summed E-state index contributed by atoms with van der Waals surface area (Å²) in [6.45, 7) is 7.25. The Hall–Kier alpha value is -0.650. The van der Waals surface area contributed by atoms with Crippen LogP contribution in [0.5, 0.6) is 0 Å². The van der Waals surface area contributed by atoms with Crippen molar-refractivity contribution in [3.8, 4) is 0 Å². The van der Waals surface area contributed by atoms with E-state index in [2.05, 4.69) is 16.8 Å². The van der Waals surface area contributed by atoms with Crippen LogP contribution in [0.25, 0.3) is 0 Å². The lowest BCUT2D eigenvalue weighted by Crippen LogP contribution is -2.49. The van der Waals surface area contributed by atoms with Crippen LogP contribution in [0, 0.1) is 5.92 Å². The highest BCUT2D eigenvalue weighted by Crippen LogP contribution is 2.18. The Morgan fingerprint density at radius 3 is 2.61 bits per heavy atom. The van der Waals surface area contributed by atoms with Gasteiger partial charge in [0.1, 0.15) is 0 Å². The number of nitrogens with two attached hydrogens (primary N) is 1. The third kappa shape index (κ3) is 3.67. The van der Waals surface area contributed by atoms with Crippen molar-refractivity contribution < 1.29 is 4.79 Å². The van der Waals surface area contributed by atoms with Gasteiger partial charge in [-0.05, 0) is 38.9 Å². The van der Waals surface area contributed by atoms with E-state index in [1.165, 1.54) is 6.42 Å². The van der Waals surface area contributed by atoms with Crippen molar-refractivity contribution in [1.82, 2.24) is 14.7 Å². The number of likely N-dealkylation sites (tertiary alicyclic amines) is 1. The van der Waals surface area contributed by atoms with Crippen LogP contribution in [0.15, 0.2) is 0 Å². The summed E-state index contributed by atoms with van der Waals surface area (Å²) in [7, 11) is 2.11. The smallest absolute Gasteiger partial charge is 0.236 e. The first-order valence-electron chi connectivity index (χ1n) is 7.08. The molecule has 2 N–H and O–H groups in total. The van der Waals surface area contributed by atoms with Crippen LogP contribution < -0.4 is 5.73 Å². The Kier molecular flexibility index (Phi) is 4.97. The minimum absolute atomic E-state index is 0.302. The predicted octanol–water partition coefficient (Wildman–Crippen LogP) is -0.569. The number of carbonyl (C=O) groups is 1. The molecule has 0 radical (unpaired) electrons. The molecule has 0 aromatic carbocycles. The number of hydrogen-bond acceptors (Lipinski definition) is 4. The average molecular weight is 254 g/mol. The van der Waals surface area contributed by atoms with E-state index in [4.69, 9.17) is 5.73 Å². The van der Waals surface area contributed by atoms with Gasteiger partial charge in [0.25, 0.3) is 0 Å². The Morgan fingerprint density at radius 1 is 1.22 bits per heavy atom. The standard InChI is InChI=1S/C13H26N4O/c1-15-6-8-17(9-7-15)13(18)11-16-5-3-12(10-16)2-4-14/h12H,2-11,14H2,1H3. The monoisotopic (exact) mass is 254 g/mol. The zero-order valence-electron chi connectivity index (χ0n) is 11.5. The van der Waals surface area contributed by atoms with Gasteiger partial charge < -0.3 is 15.5 Å². The second-order valence-electron chi connectivity index (χ2n) is 5.65. The number of hydrogen-bond donors (Lipinski definition) is 1. The third-order valence-electron chi connectivity index (χ3n) is 4.16. The summed E-state index contributed by atoms with van der Waals surface area (Å²) < 4.78 is 0. The molecule has 1 amide bonds. The van der Waals surface area contributed by atoms with E-state index in [-0.39, 0.29) is 0 Å². The van der Waals surface area contributed by atoms with E-state index in [0.29, 0.717) is 18.4 Å². The Balaban J connectivity index is 1.71. The SMILES string of the molecule is CN1CCN(C(=O)CN2CCC(CCN)C2)CC1. The summed E-state index contributed by atoms with van der Waals surface area (Å²) in [5.74, 6) is 1.01. The number of rotatable bonds is 4. The number of nitrogens with zero attached hydrogens (tertiary/aromatic N) is 3. The van der Waals surface area contributed by atoms with Gasteiger partial charge in [-0.2, -0.15) is 0 Å². The number of piperazine rings is 1. The fourth-order valence-electron chi connectivity index (χ4n) is 2.87. The molecule has 18 heavy (non-hydrogen) atoms. The Morgan fingerprint density at radius 2 is 1.94 bits per heavy atom. The summed E-state index contributed by atoms with van der Waals surface area (Å²) in [5.41, 5.74) is 5.59. The lowest BCUT2D eigenvalue weighted by molar-refractivity contribution is -0.133. The molecule has 0 spiro atoms. The molecule has 2 aliphatic heterocycles. The molecular formula is C13H26N4O. The highest BCUT2D eigenvalue weighted by molar-refractivity contribution is 5.78. The molecule has 1 unspecified atom stereocenters. The normalized spacial score (nSPS) is 26.8. The van der Waals surface area contributed by atoms with Crippen LogP contribution in [-0.2, 0) is 4.79 Å². The topological polar surface area (TPSA) is 52.8 Å². The molecule has 0 bridgehead atoms. The summed E-state index contributed by atoms with van der Waals surface area (Å²) in [6.07, 6.45) is 2.30. The number of carbonyl (C=O) groups excluding carboxylic acids is 1. The molecule has 2 heterocycles. The molecule has 0 aromatic rings. The lowest BCUT2D eigenvalue weighted by atomic mass is 10.1.